The molecule has 0 amide bonds. The summed E-state index contributed by atoms with van der Waals surface area (Å²) >= 11 is 1.80. The smallest absolute Gasteiger partial charge is 0.0928 e. The Morgan fingerprint density at radius 2 is 2.05 bits per heavy atom. The van der Waals surface area contributed by atoms with Crippen LogP contribution in [-0.2, 0) is 13.0 Å². The van der Waals surface area contributed by atoms with Crippen LogP contribution in [0.1, 0.15) is 30.5 Å². The van der Waals surface area contributed by atoms with Gasteiger partial charge in [-0.05, 0) is 32.4 Å². The molecule has 1 N–H and O–H groups in total. The topological polar surface area (TPSA) is 39.6 Å². The number of nitrogens with zero attached hydrogens (tertiary/aromatic N) is 3. The monoisotopic (exact) mass is 283 g/mol. The average Bonchev–Trinajstić information content (AvgIpc) is 2.71. The van der Waals surface area contributed by atoms with Crippen molar-refractivity contribution in [2.45, 2.75) is 32.7 Å². The van der Waals surface area contributed by atoms with Crippen molar-refractivity contribution in [1.82, 2.24) is 14.8 Å². The van der Waals surface area contributed by atoms with Crippen LogP contribution in [-0.4, -0.2) is 59.2 Å². The van der Waals surface area contributed by atoms with Gasteiger partial charge in [0, 0.05) is 31.6 Å². The van der Waals surface area contributed by atoms with E-state index in [1.165, 1.54) is 23.5 Å². The van der Waals surface area contributed by atoms with E-state index in [0.717, 1.165) is 45.7 Å². The highest BCUT2D eigenvalue weighted by molar-refractivity contribution is 7.09. The van der Waals surface area contributed by atoms with E-state index in [1.807, 2.05) is 0 Å². The number of thiazole rings is 1. The summed E-state index contributed by atoms with van der Waals surface area (Å²) < 4.78 is 0. The van der Waals surface area contributed by atoms with Gasteiger partial charge in [0.25, 0.3) is 0 Å². The molecule has 0 bridgehead atoms. The van der Waals surface area contributed by atoms with E-state index < -0.39 is 0 Å². The molecule has 1 aliphatic heterocycles. The third-order valence-electron chi connectivity index (χ3n) is 3.55. The lowest BCUT2D eigenvalue weighted by molar-refractivity contribution is 0.195. The Hall–Kier alpha value is -0.490. The minimum absolute atomic E-state index is 0.270. The number of hydrogen-bond donors (Lipinski definition) is 1. The van der Waals surface area contributed by atoms with Gasteiger partial charge in [0.05, 0.1) is 17.3 Å². The van der Waals surface area contributed by atoms with Crippen LogP contribution in [0.4, 0.5) is 0 Å². The molecular formula is C14H25N3OS. The second kappa shape index (κ2) is 7.94. The molecule has 0 atom stereocenters. The molecule has 0 aromatic carbocycles. The van der Waals surface area contributed by atoms with Crippen molar-refractivity contribution in [2.24, 2.45) is 0 Å². The molecule has 1 aromatic rings. The van der Waals surface area contributed by atoms with Gasteiger partial charge in [-0.3, -0.25) is 9.80 Å². The first kappa shape index (κ1) is 14.9. The summed E-state index contributed by atoms with van der Waals surface area (Å²) in [5.74, 6) is 0. The lowest BCUT2D eigenvalue weighted by atomic mass is 10.3. The quantitative estimate of drug-likeness (QED) is 0.861. The minimum Gasteiger partial charge on any atom is -0.395 e. The second-order valence-electron chi connectivity index (χ2n) is 5.18. The average molecular weight is 283 g/mol. The molecule has 4 nitrogen and oxygen atoms in total. The van der Waals surface area contributed by atoms with Crippen LogP contribution < -0.4 is 0 Å². The van der Waals surface area contributed by atoms with Crippen LogP contribution >= 0.6 is 11.3 Å². The molecule has 0 aliphatic carbocycles. The molecule has 1 aliphatic rings. The van der Waals surface area contributed by atoms with E-state index in [-0.39, 0.29) is 6.61 Å². The normalized spacial score (nSPS) is 18.6. The van der Waals surface area contributed by atoms with E-state index in [0.29, 0.717) is 0 Å². The van der Waals surface area contributed by atoms with Crippen molar-refractivity contribution in [3.8, 4) is 0 Å². The van der Waals surface area contributed by atoms with Gasteiger partial charge in [0.1, 0.15) is 0 Å². The van der Waals surface area contributed by atoms with E-state index in [2.05, 4.69) is 22.1 Å². The molecule has 2 rings (SSSR count). The standard InChI is InChI=1S/C14H25N3OS/c1-2-4-14-15-13(12-19-14)11-17-6-3-5-16(7-8-17)9-10-18/h12,18H,2-11H2,1H3. The summed E-state index contributed by atoms with van der Waals surface area (Å²) in [6.45, 7) is 8.65. The Morgan fingerprint density at radius 3 is 2.84 bits per heavy atom. The van der Waals surface area contributed by atoms with Gasteiger partial charge in [-0.2, -0.15) is 0 Å². The van der Waals surface area contributed by atoms with Crippen LogP contribution in [0.15, 0.2) is 5.38 Å². The third-order valence-corrected chi connectivity index (χ3v) is 4.50. The number of aromatic nitrogens is 1. The fourth-order valence-electron chi connectivity index (χ4n) is 2.53. The molecule has 1 aromatic heterocycles. The van der Waals surface area contributed by atoms with Gasteiger partial charge in [0.15, 0.2) is 0 Å². The molecule has 0 radical (unpaired) electrons. The van der Waals surface area contributed by atoms with Crippen molar-refractivity contribution >= 4 is 11.3 Å². The highest BCUT2D eigenvalue weighted by Gasteiger charge is 2.15. The van der Waals surface area contributed by atoms with Gasteiger partial charge in [0.2, 0.25) is 0 Å². The molecule has 19 heavy (non-hydrogen) atoms. The number of β-amino-alcohol motifs (C(OH)–C–C–N with tert-alkyl or cyclic N) is 1. The Morgan fingerprint density at radius 1 is 1.26 bits per heavy atom. The van der Waals surface area contributed by atoms with Crippen molar-refractivity contribution in [3.63, 3.8) is 0 Å². The predicted molar refractivity (Wildman–Crippen MR) is 79.5 cm³/mol. The van der Waals surface area contributed by atoms with Crippen LogP contribution in [0.25, 0.3) is 0 Å². The van der Waals surface area contributed by atoms with Crippen molar-refractivity contribution in [3.05, 3.63) is 16.1 Å². The van der Waals surface area contributed by atoms with E-state index in [1.54, 1.807) is 11.3 Å². The zero-order chi connectivity index (χ0) is 13.5. The Kier molecular flexibility index (Phi) is 6.23. The number of aryl methyl sites for hydroxylation is 1. The molecule has 5 heteroatoms. The molecule has 1 saturated heterocycles. The zero-order valence-corrected chi connectivity index (χ0v) is 12.7. The molecule has 0 unspecified atom stereocenters. The first-order valence-corrected chi connectivity index (χ1v) is 8.18. The highest BCUT2D eigenvalue weighted by atomic mass is 32.1. The zero-order valence-electron chi connectivity index (χ0n) is 11.8. The first-order valence-electron chi connectivity index (χ1n) is 7.30. The van der Waals surface area contributed by atoms with Crippen LogP contribution in [0.3, 0.4) is 0 Å². The Labute approximate surface area is 120 Å². The fourth-order valence-corrected chi connectivity index (χ4v) is 3.42. The molecule has 0 spiro atoms. The predicted octanol–water partition coefficient (Wildman–Crippen LogP) is 1.60. The SMILES string of the molecule is CCCc1nc(CN2CCCN(CCO)CC2)cs1. The van der Waals surface area contributed by atoms with E-state index in [9.17, 15) is 0 Å². The summed E-state index contributed by atoms with van der Waals surface area (Å²) in [7, 11) is 0. The number of hydrogen-bond acceptors (Lipinski definition) is 5. The van der Waals surface area contributed by atoms with Crippen molar-refractivity contribution in [2.75, 3.05) is 39.3 Å². The van der Waals surface area contributed by atoms with E-state index in [4.69, 9.17) is 10.1 Å². The Bertz CT molecular complexity index is 369. The largest absolute Gasteiger partial charge is 0.395 e. The van der Waals surface area contributed by atoms with Crippen molar-refractivity contribution in [1.29, 1.82) is 0 Å². The lowest BCUT2D eigenvalue weighted by Crippen LogP contribution is -2.32. The lowest BCUT2D eigenvalue weighted by Gasteiger charge is -2.20. The fraction of sp³-hybridized carbons (Fsp3) is 0.786. The highest BCUT2D eigenvalue weighted by Crippen LogP contribution is 2.14. The maximum absolute atomic E-state index is 9.00. The van der Waals surface area contributed by atoms with Gasteiger partial charge >= 0.3 is 0 Å². The molecule has 2 heterocycles. The molecule has 108 valence electrons. The summed E-state index contributed by atoms with van der Waals surface area (Å²) in [5.41, 5.74) is 1.23. The van der Waals surface area contributed by atoms with Crippen LogP contribution in [0.5, 0.6) is 0 Å². The summed E-state index contributed by atoms with van der Waals surface area (Å²) in [6, 6.07) is 0. The van der Waals surface area contributed by atoms with Gasteiger partial charge < -0.3 is 5.11 Å². The molecule has 1 fully saturated rings. The Balaban J connectivity index is 1.81. The summed E-state index contributed by atoms with van der Waals surface area (Å²) in [6.07, 6.45) is 3.47. The number of rotatable bonds is 6. The summed E-state index contributed by atoms with van der Waals surface area (Å²) in [5, 5.41) is 12.5. The number of aliphatic hydroxyl groups excluding tert-OH is 1. The maximum atomic E-state index is 9.00. The summed E-state index contributed by atoms with van der Waals surface area (Å²) in [4.78, 5) is 9.54. The number of aliphatic hydroxyl groups is 1. The minimum atomic E-state index is 0.270. The maximum Gasteiger partial charge on any atom is 0.0928 e. The third kappa shape index (κ3) is 4.84. The van der Waals surface area contributed by atoms with Gasteiger partial charge in [-0.1, -0.05) is 6.92 Å². The van der Waals surface area contributed by atoms with Crippen LogP contribution in [0.2, 0.25) is 0 Å². The van der Waals surface area contributed by atoms with Gasteiger partial charge in [-0.25, -0.2) is 4.98 Å². The molecule has 0 saturated carbocycles. The molecular weight excluding hydrogens is 258 g/mol. The van der Waals surface area contributed by atoms with Crippen molar-refractivity contribution < 1.29 is 5.11 Å². The van der Waals surface area contributed by atoms with Gasteiger partial charge in [-0.15, -0.1) is 11.3 Å². The van der Waals surface area contributed by atoms with Crippen LogP contribution in [0, 0.1) is 0 Å². The second-order valence-corrected chi connectivity index (χ2v) is 6.12. The van der Waals surface area contributed by atoms with E-state index >= 15 is 0 Å². The first-order chi connectivity index (χ1) is 9.31.